The van der Waals surface area contributed by atoms with E-state index in [1.54, 1.807) is 13.0 Å². The van der Waals surface area contributed by atoms with Gasteiger partial charge in [0.1, 0.15) is 5.15 Å². The van der Waals surface area contributed by atoms with Crippen molar-refractivity contribution in [2.24, 2.45) is 0 Å². The number of rotatable bonds is 1. The Morgan fingerprint density at radius 1 is 1.73 bits per heavy atom. The molecule has 1 aromatic heterocycles. The molecule has 0 aliphatic carbocycles. The monoisotopic (exact) mass is 169 g/mol. The van der Waals surface area contributed by atoms with Crippen LogP contribution in [0.3, 0.4) is 0 Å². The Morgan fingerprint density at radius 3 is 2.91 bits per heavy atom. The van der Waals surface area contributed by atoms with E-state index in [1.165, 1.54) is 0 Å². The van der Waals surface area contributed by atoms with Gasteiger partial charge < -0.3 is 11.1 Å². The second kappa shape index (κ2) is 2.88. The summed E-state index contributed by atoms with van der Waals surface area (Å²) in [7, 11) is 0. The normalized spacial score (nSPS) is 9.64. The van der Waals surface area contributed by atoms with E-state index in [2.05, 4.69) is 4.98 Å². The Balaban J connectivity index is 3.35. The minimum atomic E-state index is 0.371. The first kappa shape index (κ1) is 8.01. The molecular weight excluding hydrogens is 162 g/mol. The molecule has 58 valence electrons. The third-order valence-electron chi connectivity index (χ3n) is 1.41. The summed E-state index contributed by atoms with van der Waals surface area (Å²) in [4.78, 5) is 3.92. The van der Waals surface area contributed by atoms with Gasteiger partial charge in [-0.3, -0.25) is 0 Å². The maximum absolute atomic E-state index is 6.99. The van der Waals surface area contributed by atoms with E-state index in [0.29, 0.717) is 22.1 Å². The topological polar surface area (TPSA) is 62.8 Å². The molecule has 0 radical (unpaired) electrons. The maximum atomic E-state index is 6.99. The first-order chi connectivity index (χ1) is 5.15. The highest BCUT2D eigenvalue weighted by Crippen LogP contribution is 2.16. The average molecular weight is 170 g/mol. The van der Waals surface area contributed by atoms with Gasteiger partial charge in [-0.2, -0.15) is 0 Å². The van der Waals surface area contributed by atoms with Crippen LogP contribution >= 0.6 is 11.6 Å². The lowest BCUT2D eigenvalue weighted by Crippen LogP contribution is -1.98. The van der Waals surface area contributed by atoms with E-state index >= 15 is 0 Å². The molecule has 0 saturated carbocycles. The third-order valence-corrected chi connectivity index (χ3v) is 1.60. The Bertz CT molecular complexity index is 296. The summed E-state index contributed by atoms with van der Waals surface area (Å²) in [5.74, 6) is 0. The molecule has 0 aromatic carbocycles. The maximum Gasteiger partial charge on any atom is 0.130 e. The molecule has 0 atom stereocenters. The van der Waals surface area contributed by atoms with E-state index in [-0.39, 0.29) is 0 Å². The number of anilines is 1. The predicted octanol–water partition coefficient (Wildman–Crippen LogP) is 1.62. The number of nitrogens with one attached hydrogen (secondary N) is 1. The zero-order chi connectivity index (χ0) is 8.43. The summed E-state index contributed by atoms with van der Waals surface area (Å²) >= 11 is 5.63. The number of halogens is 1. The molecule has 0 spiro atoms. The molecule has 0 bridgehead atoms. The van der Waals surface area contributed by atoms with Crippen molar-refractivity contribution in [3.63, 3.8) is 0 Å². The number of nitrogen functional groups attached to an aromatic ring is 1. The highest BCUT2D eigenvalue weighted by atomic mass is 35.5. The Kier molecular flexibility index (Phi) is 2.10. The Morgan fingerprint density at radius 2 is 2.36 bits per heavy atom. The van der Waals surface area contributed by atoms with Crippen molar-refractivity contribution in [3.8, 4) is 0 Å². The summed E-state index contributed by atoms with van der Waals surface area (Å²) in [6.45, 7) is 1.76. The summed E-state index contributed by atoms with van der Waals surface area (Å²) in [5, 5.41) is 7.36. The molecule has 0 aliphatic heterocycles. The van der Waals surface area contributed by atoms with E-state index < -0.39 is 0 Å². The summed E-state index contributed by atoms with van der Waals surface area (Å²) < 4.78 is 0. The van der Waals surface area contributed by atoms with E-state index in [0.717, 1.165) is 6.21 Å². The van der Waals surface area contributed by atoms with Gasteiger partial charge in [0.15, 0.2) is 0 Å². The number of nitrogens with zero attached hydrogens (tertiary/aromatic N) is 1. The Labute approximate surface area is 69.7 Å². The second-order valence-electron chi connectivity index (χ2n) is 2.18. The molecule has 0 aliphatic rings. The number of aryl methyl sites for hydroxylation is 1. The van der Waals surface area contributed by atoms with Crippen molar-refractivity contribution in [3.05, 3.63) is 22.5 Å². The van der Waals surface area contributed by atoms with Gasteiger partial charge in [-0.25, -0.2) is 4.98 Å². The van der Waals surface area contributed by atoms with Crippen molar-refractivity contribution in [2.75, 3.05) is 5.73 Å². The van der Waals surface area contributed by atoms with Gasteiger partial charge in [0.05, 0.1) is 11.4 Å². The van der Waals surface area contributed by atoms with Crippen LogP contribution in [0.2, 0.25) is 5.15 Å². The van der Waals surface area contributed by atoms with E-state index in [9.17, 15) is 0 Å². The van der Waals surface area contributed by atoms with Crippen LogP contribution in [0.15, 0.2) is 6.07 Å². The fourth-order valence-electron chi connectivity index (χ4n) is 0.787. The lowest BCUT2D eigenvalue weighted by Gasteiger charge is -2.02. The third kappa shape index (κ3) is 1.49. The minimum Gasteiger partial charge on any atom is -0.397 e. The average Bonchev–Trinajstić information content (AvgIpc) is 1.96. The van der Waals surface area contributed by atoms with Crippen LogP contribution in [0.5, 0.6) is 0 Å². The van der Waals surface area contributed by atoms with Gasteiger partial charge in [0.25, 0.3) is 0 Å². The molecule has 11 heavy (non-hydrogen) atoms. The highest BCUT2D eigenvalue weighted by molar-refractivity contribution is 6.29. The van der Waals surface area contributed by atoms with Crippen LogP contribution in [0.1, 0.15) is 11.3 Å². The lowest BCUT2D eigenvalue weighted by atomic mass is 10.2. The zero-order valence-corrected chi connectivity index (χ0v) is 6.81. The van der Waals surface area contributed by atoms with Gasteiger partial charge in [-0.05, 0) is 13.0 Å². The van der Waals surface area contributed by atoms with Crippen molar-refractivity contribution < 1.29 is 0 Å². The molecule has 1 heterocycles. The minimum absolute atomic E-state index is 0.371. The summed E-state index contributed by atoms with van der Waals surface area (Å²) in [5.41, 5.74) is 7.38. The first-order valence-electron chi connectivity index (χ1n) is 3.08. The van der Waals surface area contributed by atoms with Crippen LogP contribution in [0.4, 0.5) is 5.69 Å². The molecule has 3 nitrogen and oxygen atoms in total. The molecule has 0 amide bonds. The van der Waals surface area contributed by atoms with E-state index in [1.807, 2.05) is 0 Å². The molecular formula is C7H8ClN3. The molecule has 4 heteroatoms. The summed E-state index contributed by atoms with van der Waals surface area (Å²) in [6, 6.07) is 1.57. The smallest absolute Gasteiger partial charge is 0.130 e. The van der Waals surface area contributed by atoms with Gasteiger partial charge in [-0.1, -0.05) is 11.6 Å². The van der Waals surface area contributed by atoms with Crippen LogP contribution in [0.25, 0.3) is 0 Å². The zero-order valence-electron chi connectivity index (χ0n) is 6.06. The molecule has 1 rings (SSSR count). The number of nitrogens with two attached hydrogens (primary N) is 1. The number of pyridine rings is 1. The first-order valence-corrected chi connectivity index (χ1v) is 3.46. The largest absolute Gasteiger partial charge is 0.397 e. The molecule has 0 unspecified atom stereocenters. The van der Waals surface area contributed by atoms with E-state index in [4.69, 9.17) is 22.7 Å². The second-order valence-corrected chi connectivity index (χ2v) is 2.56. The van der Waals surface area contributed by atoms with Crippen LogP contribution in [-0.2, 0) is 0 Å². The molecule has 1 aromatic rings. The van der Waals surface area contributed by atoms with Crippen molar-refractivity contribution in [2.45, 2.75) is 6.92 Å². The quantitative estimate of drug-likeness (QED) is 0.496. The highest BCUT2D eigenvalue weighted by Gasteiger charge is 2.02. The molecule has 0 fully saturated rings. The van der Waals surface area contributed by atoms with Crippen molar-refractivity contribution in [1.82, 2.24) is 4.98 Å². The molecule has 0 saturated heterocycles. The number of aromatic nitrogens is 1. The Hall–Kier alpha value is -1.09. The number of hydrogen-bond donors (Lipinski definition) is 2. The van der Waals surface area contributed by atoms with Crippen molar-refractivity contribution in [1.29, 1.82) is 5.41 Å². The number of hydrogen-bond acceptors (Lipinski definition) is 3. The van der Waals surface area contributed by atoms with Gasteiger partial charge in [0, 0.05) is 11.8 Å². The van der Waals surface area contributed by atoms with Gasteiger partial charge in [0.2, 0.25) is 0 Å². The summed E-state index contributed by atoms with van der Waals surface area (Å²) in [6.07, 6.45) is 1.16. The fourth-order valence-corrected chi connectivity index (χ4v) is 1.03. The SMILES string of the molecule is Cc1nc(Cl)cc(C=N)c1N. The van der Waals surface area contributed by atoms with Gasteiger partial charge in [-0.15, -0.1) is 0 Å². The van der Waals surface area contributed by atoms with Crippen LogP contribution in [0, 0.1) is 12.3 Å². The lowest BCUT2D eigenvalue weighted by molar-refractivity contribution is 1.20. The fraction of sp³-hybridized carbons (Fsp3) is 0.143. The molecule has 3 N–H and O–H groups in total. The van der Waals surface area contributed by atoms with Crippen LogP contribution < -0.4 is 5.73 Å². The predicted molar refractivity (Wildman–Crippen MR) is 46.3 cm³/mol. The van der Waals surface area contributed by atoms with Crippen molar-refractivity contribution >= 4 is 23.5 Å². The standard InChI is InChI=1S/C7H8ClN3/c1-4-7(10)5(3-9)2-6(8)11-4/h2-3,9H,10H2,1H3. The van der Waals surface area contributed by atoms with Gasteiger partial charge >= 0.3 is 0 Å². The van der Waals surface area contributed by atoms with Crippen LogP contribution in [-0.4, -0.2) is 11.2 Å².